The van der Waals surface area contributed by atoms with E-state index in [9.17, 15) is 0 Å². The van der Waals surface area contributed by atoms with Gasteiger partial charge in [0.05, 0.1) is 6.10 Å². The fraction of sp³-hybridized carbons (Fsp3) is 1.00. The normalized spacial score (nSPS) is 60.3. The minimum absolute atomic E-state index is 0.200. The van der Waals surface area contributed by atoms with Gasteiger partial charge >= 0.3 is 0 Å². The number of nitrogens with two attached hydrogens (primary N) is 1. The maximum atomic E-state index is 6.10. The molecule has 2 saturated carbocycles. The summed E-state index contributed by atoms with van der Waals surface area (Å²) in [6, 6.07) is 0. The first-order valence-electron chi connectivity index (χ1n) is 4.70. The zero-order valence-corrected chi connectivity index (χ0v) is 6.75. The predicted octanol–water partition coefficient (Wildman–Crippen LogP) is 1.25. The van der Waals surface area contributed by atoms with Crippen LogP contribution in [0.4, 0.5) is 0 Å². The van der Waals surface area contributed by atoms with Gasteiger partial charge in [-0.2, -0.15) is 0 Å². The summed E-state index contributed by atoms with van der Waals surface area (Å²) in [5.74, 6) is 1.79. The van der Waals surface area contributed by atoms with E-state index in [0.717, 1.165) is 24.7 Å². The van der Waals surface area contributed by atoms with Gasteiger partial charge in [-0.25, -0.2) is 0 Å². The summed E-state index contributed by atoms with van der Waals surface area (Å²) < 4.78 is 5.79. The summed E-state index contributed by atoms with van der Waals surface area (Å²) in [6.07, 6.45) is 6.77. The van der Waals surface area contributed by atoms with E-state index in [-0.39, 0.29) is 5.72 Å². The van der Waals surface area contributed by atoms with Gasteiger partial charge in [-0.05, 0) is 43.9 Å². The van der Waals surface area contributed by atoms with E-state index in [1.54, 1.807) is 0 Å². The van der Waals surface area contributed by atoms with Crippen molar-refractivity contribution in [2.24, 2.45) is 17.6 Å². The molecule has 2 unspecified atom stereocenters. The summed E-state index contributed by atoms with van der Waals surface area (Å²) in [5.41, 5.74) is 5.90. The molecule has 0 spiro atoms. The van der Waals surface area contributed by atoms with Gasteiger partial charge in [-0.1, -0.05) is 0 Å². The highest BCUT2D eigenvalue weighted by Gasteiger charge is 2.49. The third-order valence-corrected chi connectivity index (χ3v) is 3.53. The monoisotopic (exact) mass is 153 g/mol. The lowest BCUT2D eigenvalue weighted by atomic mass is 9.65. The molecule has 0 aromatic carbocycles. The van der Waals surface area contributed by atoms with Gasteiger partial charge in [0.2, 0.25) is 0 Å². The number of hydrogen-bond donors (Lipinski definition) is 1. The average molecular weight is 153 g/mol. The minimum atomic E-state index is -0.200. The molecule has 2 aliphatic heterocycles. The minimum Gasteiger partial charge on any atom is -0.358 e. The molecule has 0 aromatic rings. The van der Waals surface area contributed by atoms with Crippen LogP contribution in [-0.2, 0) is 4.74 Å². The van der Waals surface area contributed by atoms with Crippen molar-refractivity contribution in [3.05, 3.63) is 0 Å². The summed E-state index contributed by atoms with van der Waals surface area (Å²) >= 11 is 0. The van der Waals surface area contributed by atoms with Crippen molar-refractivity contribution in [1.82, 2.24) is 0 Å². The second-order valence-electron chi connectivity index (χ2n) is 4.65. The Balaban J connectivity index is 1.94. The van der Waals surface area contributed by atoms with Crippen molar-refractivity contribution in [3.63, 3.8) is 0 Å². The SMILES string of the molecule is NC12CC3CC(CC(C3)O1)C2. The van der Waals surface area contributed by atoms with Crippen LogP contribution in [0.25, 0.3) is 0 Å². The lowest BCUT2D eigenvalue weighted by Crippen LogP contribution is -2.59. The van der Waals surface area contributed by atoms with Crippen molar-refractivity contribution in [2.75, 3.05) is 0 Å². The summed E-state index contributed by atoms with van der Waals surface area (Å²) in [5, 5.41) is 0. The molecule has 2 heterocycles. The molecule has 2 N–H and O–H groups in total. The van der Waals surface area contributed by atoms with Gasteiger partial charge in [0.1, 0.15) is 5.72 Å². The van der Waals surface area contributed by atoms with E-state index in [0.29, 0.717) is 6.10 Å². The van der Waals surface area contributed by atoms with Crippen LogP contribution in [0.1, 0.15) is 32.1 Å². The second-order valence-corrected chi connectivity index (χ2v) is 4.65. The quantitative estimate of drug-likeness (QED) is 0.568. The van der Waals surface area contributed by atoms with E-state index < -0.39 is 0 Å². The summed E-state index contributed by atoms with van der Waals surface area (Å²) in [6.45, 7) is 0. The lowest BCUT2D eigenvalue weighted by molar-refractivity contribution is -0.216. The van der Waals surface area contributed by atoms with Gasteiger partial charge in [0.15, 0.2) is 0 Å². The largest absolute Gasteiger partial charge is 0.358 e. The molecule has 2 heteroatoms. The Labute approximate surface area is 67.1 Å². The molecular weight excluding hydrogens is 138 g/mol. The van der Waals surface area contributed by atoms with Gasteiger partial charge in [0, 0.05) is 0 Å². The van der Waals surface area contributed by atoms with Crippen LogP contribution in [0.2, 0.25) is 0 Å². The topological polar surface area (TPSA) is 35.2 Å². The van der Waals surface area contributed by atoms with Crippen LogP contribution >= 0.6 is 0 Å². The molecule has 4 bridgehead atoms. The Morgan fingerprint density at radius 2 is 1.73 bits per heavy atom. The molecule has 2 aliphatic carbocycles. The maximum absolute atomic E-state index is 6.10. The van der Waals surface area contributed by atoms with Crippen LogP contribution in [0.5, 0.6) is 0 Å². The average Bonchev–Trinajstić information content (AvgIpc) is 1.79. The Bertz CT molecular complexity index is 155. The van der Waals surface area contributed by atoms with E-state index in [1.807, 2.05) is 0 Å². The Morgan fingerprint density at radius 1 is 1.09 bits per heavy atom. The lowest BCUT2D eigenvalue weighted by Gasteiger charge is -2.54. The zero-order valence-electron chi connectivity index (χ0n) is 6.75. The van der Waals surface area contributed by atoms with E-state index >= 15 is 0 Å². The van der Waals surface area contributed by atoms with E-state index in [1.165, 1.54) is 19.3 Å². The highest BCUT2D eigenvalue weighted by Crippen LogP contribution is 2.50. The van der Waals surface area contributed by atoms with Crippen molar-refractivity contribution < 1.29 is 4.74 Å². The van der Waals surface area contributed by atoms with Crippen molar-refractivity contribution in [3.8, 4) is 0 Å². The molecule has 62 valence electrons. The summed E-state index contributed by atoms with van der Waals surface area (Å²) in [7, 11) is 0. The fourth-order valence-corrected chi connectivity index (χ4v) is 3.42. The number of hydrogen-bond acceptors (Lipinski definition) is 2. The molecule has 0 amide bonds. The van der Waals surface area contributed by atoms with Gasteiger partial charge in [-0.15, -0.1) is 0 Å². The first-order chi connectivity index (χ1) is 5.23. The third-order valence-electron chi connectivity index (χ3n) is 3.53. The summed E-state index contributed by atoms with van der Waals surface area (Å²) in [4.78, 5) is 0. The molecular formula is C9H15NO. The number of rotatable bonds is 0. The van der Waals surface area contributed by atoms with Crippen LogP contribution in [0, 0.1) is 11.8 Å². The zero-order chi connectivity index (χ0) is 7.47. The molecule has 0 radical (unpaired) electrons. The molecule has 2 saturated heterocycles. The molecule has 2 nitrogen and oxygen atoms in total. The van der Waals surface area contributed by atoms with Gasteiger partial charge in [-0.3, -0.25) is 0 Å². The smallest absolute Gasteiger partial charge is 0.117 e. The molecule has 11 heavy (non-hydrogen) atoms. The van der Waals surface area contributed by atoms with Gasteiger partial charge < -0.3 is 10.5 Å². The van der Waals surface area contributed by atoms with E-state index in [2.05, 4.69) is 0 Å². The van der Waals surface area contributed by atoms with Crippen molar-refractivity contribution >= 4 is 0 Å². The van der Waals surface area contributed by atoms with E-state index in [4.69, 9.17) is 10.5 Å². The molecule has 4 rings (SSSR count). The highest BCUT2D eigenvalue weighted by atomic mass is 16.5. The van der Waals surface area contributed by atoms with Crippen LogP contribution in [0.15, 0.2) is 0 Å². The first-order valence-corrected chi connectivity index (χ1v) is 4.70. The Kier molecular flexibility index (Phi) is 1.06. The molecule has 4 aliphatic rings. The maximum Gasteiger partial charge on any atom is 0.117 e. The third kappa shape index (κ3) is 0.859. The Morgan fingerprint density at radius 3 is 2.18 bits per heavy atom. The highest BCUT2D eigenvalue weighted by molar-refractivity contribution is 4.98. The first kappa shape index (κ1) is 6.44. The predicted molar refractivity (Wildman–Crippen MR) is 41.9 cm³/mol. The van der Waals surface area contributed by atoms with Crippen molar-refractivity contribution in [2.45, 2.75) is 43.9 Å². The molecule has 4 fully saturated rings. The fourth-order valence-electron chi connectivity index (χ4n) is 3.42. The van der Waals surface area contributed by atoms with Crippen molar-refractivity contribution in [1.29, 1.82) is 0 Å². The van der Waals surface area contributed by atoms with Gasteiger partial charge in [0.25, 0.3) is 0 Å². The number of ether oxygens (including phenoxy) is 1. The second kappa shape index (κ2) is 1.80. The van der Waals surface area contributed by atoms with Crippen LogP contribution < -0.4 is 5.73 Å². The van der Waals surface area contributed by atoms with Crippen LogP contribution in [0.3, 0.4) is 0 Å². The standard InChI is InChI=1S/C9H15NO/c10-9-4-6-1-7(5-9)3-8(2-6)11-9/h6-8H,1-5,10H2. The Hall–Kier alpha value is -0.0800. The van der Waals surface area contributed by atoms with Crippen LogP contribution in [-0.4, -0.2) is 11.8 Å². The molecule has 0 aromatic heterocycles. The molecule has 2 atom stereocenters.